The van der Waals surface area contributed by atoms with Crippen molar-refractivity contribution in [3.05, 3.63) is 41.9 Å². The second-order valence-electron chi connectivity index (χ2n) is 5.41. The molecule has 0 saturated heterocycles. The van der Waals surface area contributed by atoms with Crippen molar-refractivity contribution in [1.29, 1.82) is 0 Å². The minimum atomic E-state index is -1.15. The summed E-state index contributed by atoms with van der Waals surface area (Å²) in [7, 11) is 0. The fourth-order valence-corrected chi connectivity index (χ4v) is 1.99. The third-order valence-corrected chi connectivity index (χ3v) is 2.94. The van der Waals surface area contributed by atoms with Crippen molar-refractivity contribution in [1.82, 2.24) is 15.2 Å². The molecule has 0 radical (unpaired) electrons. The number of amides is 1. The number of carbonyl (C=O) groups is 1. The van der Waals surface area contributed by atoms with Crippen LogP contribution in [0, 0.1) is 5.92 Å². The van der Waals surface area contributed by atoms with Gasteiger partial charge in [0.15, 0.2) is 5.82 Å². The Labute approximate surface area is 123 Å². The number of hydrogen-bond acceptors (Lipinski definition) is 4. The number of anilines is 1. The fraction of sp³-hybridized carbons (Fsp3) is 0.400. The first-order valence-corrected chi connectivity index (χ1v) is 6.97. The van der Waals surface area contributed by atoms with Crippen LogP contribution in [0.3, 0.4) is 0 Å². The number of aromatic amines is 1. The average molecular weight is 288 g/mol. The van der Waals surface area contributed by atoms with Gasteiger partial charge >= 0.3 is 0 Å². The van der Waals surface area contributed by atoms with E-state index in [0.29, 0.717) is 17.4 Å². The van der Waals surface area contributed by atoms with Crippen LogP contribution in [0.2, 0.25) is 0 Å². The zero-order valence-corrected chi connectivity index (χ0v) is 12.2. The van der Waals surface area contributed by atoms with Crippen LogP contribution in [0.25, 0.3) is 0 Å². The molecule has 0 bridgehead atoms. The van der Waals surface area contributed by atoms with Gasteiger partial charge in [-0.2, -0.15) is 5.10 Å². The summed E-state index contributed by atoms with van der Waals surface area (Å²) in [5.41, 5.74) is 1.63. The molecule has 2 rings (SSSR count). The molecular formula is C15H20N4O2. The molecule has 0 aliphatic carbocycles. The van der Waals surface area contributed by atoms with Crippen molar-refractivity contribution in [2.45, 2.75) is 32.8 Å². The summed E-state index contributed by atoms with van der Waals surface area (Å²) in [6.07, 6.45) is 1.52. The quantitative estimate of drug-likeness (QED) is 0.752. The Kier molecular flexibility index (Phi) is 5.05. The van der Waals surface area contributed by atoms with Crippen LogP contribution in [0.1, 0.15) is 25.2 Å². The van der Waals surface area contributed by atoms with Gasteiger partial charge in [0, 0.05) is 30.1 Å². The molecule has 21 heavy (non-hydrogen) atoms. The number of aliphatic hydroxyl groups is 1. The second kappa shape index (κ2) is 6.99. The number of nitrogens with zero attached hydrogens (tertiary/aromatic N) is 2. The Morgan fingerprint density at radius 2 is 2.19 bits per heavy atom. The molecule has 2 aromatic rings. The first kappa shape index (κ1) is 15.2. The Morgan fingerprint density at radius 3 is 2.86 bits per heavy atom. The highest BCUT2D eigenvalue weighted by Gasteiger charge is 2.17. The molecule has 1 atom stereocenters. The summed E-state index contributed by atoms with van der Waals surface area (Å²) >= 11 is 0. The van der Waals surface area contributed by atoms with Crippen molar-refractivity contribution >= 4 is 11.7 Å². The van der Waals surface area contributed by atoms with E-state index in [0.717, 1.165) is 12.1 Å². The maximum atomic E-state index is 11.9. The lowest BCUT2D eigenvalue weighted by atomic mass is 10.1. The second-order valence-corrected chi connectivity index (χ2v) is 5.41. The first-order chi connectivity index (χ1) is 10.0. The molecule has 0 fully saturated rings. The van der Waals surface area contributed by atoms with Crippen molar-refractivity contribution in [2.75, 3.05) is 5.32 Å². The molecule has 0 aliphatic rings. The fourth-order valence-electron chi connectivity index (χ4n) is 1.99. The first-order valence-electron chi connectivity index (χ1n) is 6.97. The van der Waals surface area contributed by atoms with Crippen LogP contribution >= 0.6 is 0 Å². The molecule has 0 spiro atoms. The van der Waals surface area contributed by atoms with Crippen LogP contribution < -0.4 is 5.32 Å². The molecule has 6 nitrogen and oxygen atoms in total. The van der Waals surface area contributed by atoms with Gasteiger partial charge in [0.05, 0.1) is 0 Å². The SMILES string of the molecule is CC(C)Cc1cc(NC(=O)C(O)Cc2ccccn2)n[nH]1. The van der Waals surface area contributed by atoms with Gasteiger partial charge in [-0.25, -0.2) is 0 Å². The number of carbonyl (C=O) groups excluding carboxylic acids is 1. The summed E-state index contributed by atoms with van der Waals surface area (Å²) in [6.45, 7) is 4.21. The zero-order valence-electron chi connectivity index (χ0n) is 12.2. The number of pyridine rings is 1. The van der Waals surface area contributed by atoms with E-state index in [4.69, 9.17) is 0 Å². The number of aliphatic hydroxyl groups excluding tert-OH is 1. The maximum absolute atomic E-state index is 11.9. The Hall–Kier alpha value is -2.21. The van der Waals surface area contributed by atoms with Crippen molar-refractivity contribution in [3.8, 4) is 0 Å². The lowest BCUT2D eigenvalue weighted by Crippen LogP contribution is -2.29. The maximum Gasteiger partial charge on any atom is 0.254 e. The highest BCUT2D eigenvalue weighted by atomic mass is 16.3. The van der Waals surface area contributed by atoms with Gasteiger partial charge in [-0.05, 0) is 24.5 Å². The number of H-pyrrole nitrogens is 1. The molecule has 6 heteroatoms. The minimum Gasteiger partial charge on any atom is -0.383 e. The summed E-state index contributed by atoms with van der Waals surface area (Å²) in [6, 6.07) is 7.16. The smallest absolute Gasteiger partial charge is 0.254 e. The minimum absolute atomic E-state index is 0.177. The Bertz CT molecular complexity index is 580. The average Bonchev–Trinajstić information content (AvgIpc) is 2.86. The van der Waals surface area contributed by atoms with Gasteiger partial charge in [0.25, 0.3) is 5.91 Å². The molecule has 3 N–H and O–H groups in total. The predicted molar refractivity (Wildman–Crippen MR) is 79.7 cm³/mol. The third-order valence-electron chi connectivity index (χ3n) is 2.94. The number of hydrogen-bond donors (Lipinski definition) is 3. The number of aromatic nitrogens is 3. The van der Waals surface area contributed by atoms with Crippen molar-refractivity contribution < 1.29 is 9.90 Å². The summed E-state index contributed by atoms with van der Waals surface area (Å²) in [4.78, 5) is 16.0. The number of rotatable bonds is 6. The lowest BCUT2D eigenvalue weighted by Gasteiger charge is -2.09. The molecular weight excluding hydrogens is 268 g/mol. The van der Waals surface area contributed by atoms with Gasteiger partial charge in [-0.1, -0.05) is 19.9 Å². The van der Waals surface area contributed by atoms with E-state index < -0.39 is 12.0 Å². The molecule has 112 valence electrons. The van der Waals surface area contributed by atoms with Crippen molar-refractivity contribution in [3.63, 3.8) is 0 Å². The topological polar surface area (TPSA) is 90.9 Å². The van der Waals surface area contributed by atoms with E-state index in [2.05, 4.69) is 34.3 Å². The summed E-state index contributed by atoms with van der Waals surface area (Å²) in [5.74, 6) is 0.447. The van der Waals surface area contributed by atoms with E-state index in [-0.39, 0.29) is 6.42 Å². The molecule has 0 saturated carbocycles. The monoisotopic (exact) mass is 288 g/mol. The predicted octanol–water partition coefficient (Wildman–Crippen LogP) is 1.55. The Morgan fingerprint density at radius 1 is 1.38 bits per heavy atom. The van der Waals surface area contributed by atoms with E-state index in [9.17, 15) is 9.90 Å². The van der Waals surface area contributed by atoms with Crippen molar-refractivity contribution in [2.24, 2.45) is 5.92 Å². The van der Waals surface area contributed by atoms with Crippen LogP contribution in [0.5, 0.6) is 0 Å². The summed E-state index contributed by atoms with van der Waals surface area (Å²) < 4.78 is 0. The molecule has 2 aromatic heterocycles. The van der Waals surface area contributed by atoms with Crippen LogP contribution in [0.4, 0.5) is 5.82 Å². The van der Waals surface area contributed by atoms with Gasteiger partial charge in [0.2, 0.25) is 0 Å². The number of nitrogens with one attached hydrogen (secondary N) is 2. The van der Waals surface area contributed by atoms with Crippen LogP contribution in [-0.2, 0) is 17.6 Å². The highest BCUT2D eigenvalue weighted by Crippen LogP contribution is 2.11. The van der Waals surface area contributed by atoms with E-state index in [1.807, 2.05) is 6.07 Å². The molecule has 1 unspecified atom stereocenters. The standard InChI is InChI=1S/C15H20N4O2/c1-10(2)7-12-9-14(19-18-12)17-15(21)13(20)8-11-5-3-4-6-16-11/h3-6,9-10,13,20H,7-8H2,1-2H3,(H2,17,18,19,21). The third kappa shape index (κ3) is 4.68. The largest absolute Gasteiger partial charge is 0.383 e. The van der Waals surface area contributed by atoms with Gasteiger partial charge in [-0.15, -0.1) is 0 Å². The van der Waals surface area contributed by atoms with Gasteiger partial charge in [-0.3, -0.25) is 14.9 Å². The van der Waals surface area contributed by atoms with Crippen LogP contribution in [0.15, 0.2) is 30.5 Å². The van der Waals surface area contributed by atoms with Gasteiger partial charge in [0.1, 0.15) is 6.10 Å². The molecule has 0 aromatic carbocycles. The van der Waals surface area contributed by atoms with Gasteiger partial charge < -0.3 is 10.4 Å². The normalized spacial score (nSPS) is 12.4. The Balaban J connectivity index is 1.90. The molecule has 1 amide bonds. The zero-order chi connectivity index (χ0) is 15.2. The summed E-state index contributed by atoms with van der Waals surface area (Å²) in [5, 5.41) is 19.4. The van der Waals surface area contributed by atoms with E-state index >= 15 is 0 Å². The lowest BCUT2D eigenvalue weighted by molar-refractivity contribution is -0.124. The molecule has 2 heterocycles. The van der Waals surface area contributed by atoms with Crippen LogP contribution in [-0.4, -0.2) is 32.3 Å². The molecule has 0 aliphatic heterocycles. The highest BCUT2D eigenvalue weighted by molar-refractivity contribution is 5.93. The van der Waals surface area contributed by atoms with E-state index in [1.54, 1.807) is 24.4 Å². The van der Waals surface area contributed by atoms with E-state index in [1.165, 1.54) is 0 Å².